The Balaban J connectivity index is 2.09. The number of hydrogen-bond acceptors (Lipinski definition) is 4. The summed E-state index contributed by atoms with van der Waals surface area (Å²) in [6.07, 6.45) is -3.12. The van der Waals surface area contributed by atoms with E-state index in [4.69, 9.17) is 23.1 Å². The van der Waals surface area contributed by atoms with Crippen LogP contribution >= 0.6 is 11.6 Å². The van der Waals surface area contributed by atoms with Crippen molar-refractivity contribution < 1.29 is 18.0 Å². The van der Waals surface area contributed by atoms with Gasteiger partial charge in [0, 0.05) is 23.3 Å². The van der Waals surface area contributed by atoms with Gasteiger partial charge in [-0.3, -0.25) is 9.36 Å². The predicted octanol–water partition coefficient (Wildman–Crippen LogP) is 5.14. The molecule has 4 N–H and O–H groups in total. The van der Waals surface area contributed by atoms with Crippen molar-refractivity contribution in [2.24, 2.45) is 5.73 Å². The maximum atomic E-state index is 14.0. The minimum atomic E-state index is -4.79. The monoisotopic (exact) mass is 491 g/mol. The highest BCUT2D eigenvalue weighted by atomic mass is 35.5. The third-order valence-corrected chi connectivity index (χ3v) is 6.64. The molecular weight excluding hydrogens is 467 g/mol. The number of nitrogen functional groups attached to an aromatic ring is 1. The number of nitrogens with zero attached hydrogens (tertiary/aromatic N) is 3. The quantitative estimate of drug-likeness (QED) is 0.482. The first-order valence-electron chi connectivity index (χ1n) is 11.1. The number of primary amides is 1. The van der Waals surface area contributed by atoms with Gasteiger partial charge in [-0.05, 0) is 53.6 Å². The van der Waals surface area contributed by atoms with Gasteiger partial charge in [0.1, 0.15) is 5.82 Å². The molecule has 2 atom stereocenters. The zero-order valence-electron chi connectivity index (χ0n) is 18.8. The van der Waals surface area contributed by atoms with Crippen molar-refractivity contribution >= 4 is 23.2 Å². The van der Waals surface area contributed by atoms with Crippen molar-refractivity contribution in [1.29, 1.82) is 0 Å². The van der Waals surface area contributed by atoms with Crippen LogP contribution in [0.25, 0.3) is 5.69 Å². The van der Waals surface area contributed by atoms with Gasteiger partial charge in [0.05, 0.1) is 11.4 Å². The fourth-order valence-corrected chi connectivity index (χ4v) is 5.34. The van der Waals surface area contributed by atoms with E-state index in [1.54, 1.807) is 6.07 Å². The lowest BCUT2D eigenvalue weighted by Crippen LogP contribution is -2.20. The van der Waals surface area contributed by atoms with Crippen LogP contribution in [0.15, 0.2) is 30.3 Å². The highest BCUT2D eigenvalue weighted by molar-refractivity contribution is 6.31. The van der Waals surface area contributed by atoms with Crippen LogP contribution in [0.2, 0.25) is 5.02 Å². The summed E-state index contributed by atoms with van der Waals surface area (Å²) in [4.78, 5) is 12.0. The topological polar surface area (TPSA) is 99.8 Å². The molecule has 0 spiro atoms. The largest absolute Gasteiger partial charge is 0.452 e. The van der Waals surface area contributed by atoms with Crippen LogP contribution in [0.1, 0.15) is 72.4 Å². The van der Waals surface area contributed by atoms with E-state index in [1.165, 1.54) is 6.07 Å². The molecule has 1 amide bonds. The minimum Gasteiger partial charge on any atom is -0.397 e. The first kappa shape index (κ1) is 24.1. The number of benzene rings is 2. The number of fused-ring (bicyclic) bond motifs is 3. The number of aryl methyl sites for hydroxylation is 1. The first-order chi connectivity index (χ1) is 16.1. The molecule has 4 rings (SSSR count). The van der Waals surface area contributed by atoms with Gasteiger partial charge < -0.3 is 11.5 Å². The number of anilines is 1. The van der Waals surface area contributed by atoms with Crippen molar-refractivity contribution in [2.45, 2.75) is 57.5 Å². The number of carbonyl (C=O) groups excluding carboxylic acids is 1. The fraction of sp³-hybridized carbons (Fsp3) is 0.375. The Labute approximate surface area is 200 Å². The molecule has 2 heterocycles. The smallest absolute Gasteiger partial charge is 0.397 e. The molecule has 3 aromatic rings. The molecule has 0 radical (unpaired) electrons. The SMILES string of the molecule is CCc1cccc(C2C[C@H](CC(N)=O)c3nnc(C(F)(F)F)n3-c3c(N)cc(Cl)cc32)c1CC. The van der Waals surface area contributed by atoms with Crippen molar-refractivity contribution in [2.75, 3.05) is 5.73 Å². The zero-order chi connectivity index (χ0) is 24.8. The highest BCUT2D eigenvalue weighted by Gasteiger charge is 2.43. The molecule has 0 saturated heterocycles. The summed E-state index contributed by atoms with van der Waals surface area (Å²) in [5.41, 5.74) is 15.8. The average molecular weight is 492 g/mol. The van der Waals surface area contributed by atoms with E-state index >= 15 is 0 Å². The molecule has 0 bridgehead atoms. The van der Waals surface area contributed by atoms with Crippen molar-refractivity contribution in [3.8, 4) is 5.69 Å². The Morgan fingerprint density at radius 1 is 1.18 bits per heavy atom. The van der Waals surface area contributed by atoms with Gasteiger partial charge in [0.2, 0.25) is 11.7 Å². The second-order valence-electron chi connectivity index (χ2n) is 8.50. The zero-order valence-corrected chi connectivity index (χ0v) is 19.5. The predicted molar refractivity (Wildman–Crippen MR) is 124 cm³/mol. The number of alkyl halides is 3. The van der Waals surface area contributed by atoms with E-state index in [9.17, 15) is 18.0 Å². The molecule has 1 unspecified atom stereocenters. The molecule has 180 valence electrons. The molecule has 34 heavy (non-hydrogen) atoms. The van der Waals surface area contributed by atoms with Gasteiger partial charge >= 0.3 is 6.18 Å². The van der Waals surface area contributed by atoms with Gasteiger partial charge in [0.15, 0.2) is 0 Å². The van der Waals surface area contributed by atoms with Crippen LogP contribution in [-0.4, -0.2) is 20.7 Å². The van der Waals surface area contributed by atoms with Crippen molar-refractivity contribution in [3.63, 3.8) is 0 Å². The first-order valence-corrected chi connectivity index (χ1v) is 11.4. The van der Waals surface area contributed by atoms with Crippen LogP contribution < -0.4 is 11.5 Å². The molecule has 0 saturated carbocycles. The summed E-state index contributed by atoms with van der Waals surface area (Å²) >= 11 is 6.35. The molecule has 2 aromatic carbocycles. The van der Waals surface area contributed by atoms with Crippen molar-refractivity contribution in [3.05, 3.63) is 69.3 Å². The molecule has 10 heteroatoms. The summed E-state index contributed by atoms with van der Waals surface area (Å²) in [5.74, 6) is -2.92. The Kier molecular flexibility index (Phi) is 6.33. The van der Waals surface area contributed by atoms with E-state index in [2.05, 4.69) is 17.1 Å². The lowest BCUT2D eigenvalue weighted by atomic mass is 9.79. The number of carbonyl (C=O) groups is 1. The Bertz CT molecular complexity index is 1250. The molecule has 0 fully saturated rings. The number of nitrogens with two attached hydrogens (primary N) is 2. The summed E-state index contributed by atoms with van der Waals surface area (Å²) < 4.78 is 42.9. The fourth-order valence-electron chi connectivity index (χ4n) is 5.10. The molecule has 0 aliphatic carbocycles. The standard InChI is InChI=1S/C24H25ClF3N5O/c1-3-12-6-5-7-16(15(12)4-2)17-8-13(9-20(30)34)22-31-32-23(24(26,27)28)33(22)21-18(17)10-14(25)11-19(21)29/h5-7,10-11,13,17H,3-4,8-9,29H2,1-2H3,(H2,30,34)/t13-,17?/m1/s1. The van der Waals surface area contributed by atoms with E-state index in [0.29, 0.717) is 17.0 Å². The molecule has 1 aromatic heterocycles. The number of aromatic nitrogens is 3. The van der Waals surface area contributed by atoms with E-state index in [0.717, 1.165) is 34.1 Å². The van der Waals surface area contributed by atoms with Gasteiger partial charge in [-0.1, -0.05) is 43.6 Å². The third-order valence-electron chi connectivity index (χ3n) is 6.43. The van der Waals surface area contributed by atoms with E-state index in [1.807, 2.05) is 25.1 Å². The van der Waals surface area contributed by atoms with Crippen LogP contribution in [-0.2, 0) is 23.8 Å². The summed E-state index contributed by atoms with van der Waals surface area (Å²) in [6, 6.07) is 9.02. The van der Waals surface area contributed by atoms with E-state index in [-0.39, 0.29) is 29.5 Å². The second kappa shape index (κ2) is 8.94. The van der Waals surface area contributed by atoms with Gasteiger partial charge in [-0.2, -0.15) is 13.2 Å². The van der Waals surface area contributed by atoms with Gasteiger partial charge in [0.25, 0.3) is 0 Å². The van der Waals surface area contributed by atoms with Gasteiger partial charge in [-0.25, -0.2) is 0 Å². The molecule has 1 aliphatic rings. The number of amides is 1. The van der Waals surface area contributed by atoms with Gasteiger partial charge in [-0.15, -0.1) is 10.2 Å². The van der Waals surface area contributed by atoms with Crippen molar-refractivity contribution in [1.82, 2.24) is 14.8 Å². The Hall–Kier alpha value is -3.07. The summed E-state index contributed by atoms with van der Waals surface area (Å²) in [6.45, 7) is 4.10. The number of rotatable bonds is 5. The molecular formula is C24H25ClF3N5O. The molecule has 1 aliphatic heterocycles. The Morgan fingerprint density at radius 3 is 2.53 bits per heavy atom. The highest BCUT2D eigenvalue weighted by Crippen LogP contribution is 2.48. The minimum absolute atomic E-state index is 0.00796. The van der Waals surface area contributed by atoms with Crippen LogP contribution in [0.3, 0.4) is 0 Å². The van der Waals surface area contributed by atoms with Crippen LogP contribution in [0.5, 0.6) is 0 Å². The number of halogens is 4. The lowest BCUT2D eigenvalue weighted by Gasteiger charge is -2.25. The summed E-state index contributed by atoms with van der Waals surface area (Å²) in [5, 5.41) is 7.63. The maximum Gasteiger partial charge on any atom is 0.452 e. The Morgan fingerprint density at radius 2 is 1.91 bits per heavy atom. The maximum absolute atomic E-state index is 14.0. The van der Waals surface area contributed by atoms with E-state index < -0.39 is 23.8 Å². The third kappa shape index (κ3) is 4.13. The van der Waals surface area contributed by atoms with Crippen LogP contribution in [0, 0.1) is 0 Å². The normalized spacial score (nSPS) is 17.7. The average Bonchev–Trinajstić information content (AvgIpc) is 3.15. The molecule has 6 nitrogen and oxygen atoms in total. The van der Waals surface area contributed by atoms with Crippen LogP contribution in [0.4, 0.5) is 18.9 Å². The number of hydrogen-bond donors (Lipinski definition) is 2. The second-order valence-corrected chi connectivity index (χ2v) is 8.93. The summed E-state index contributed by atoms with van der Waals surface area (Å²) in [7, 11) is 0. The lowest BCUT2D eigenvalue weighted by molar-refractivity contribution is -0.146.